The van der Waals surface area contributed by atoms with Gasteiger partial charge in [0.1, 0.15) is 0 Å². The quantitative estimate of drug-likeness (QED) is 0.276. The zero-order valence-electron chi connectivity index (χ0n) is 10.6. The van der Waals surface area contributed by atoms with Crippen LogP contribution >= 0.6 is 12.6 Å². The molecule has 1 atom stereocenters. The standard InChI is InChI=1S/C12H17N3O3S/c1-2-10(16)18-11-7(13)4-3-5-9(11)15-12(17)8(14)6-19/h3-5,8,19H,2,6,13-14H2,1H3,(H,15,17). The highest BCUT2D eigenvalue weighted by molar-refractivity contribution is 7.80. The molecular formula is C12H17N3O3S. The number of hydrogen-bond acceptors (Lipinski definition) is 6. The molecule has 1 amide bonds. The molecule has 1 unspecified atom stereocenters. The summed E-state index contributed by atoms with van der Waals surface area (Å²) >= 11 is 3.94. The SMILES string of the molecule is CCC(=O)Oc1c(N)cccc1NC(=O)C(N)CS. The van der Waals surface area contributed by atoms with Gasteiger partial charge < -0.3 is 21.5 Å². The molecular weight excluding hydrogens is 266 g/mol. The molecule has 0 aliphatic rings. The average molecular weight is 283 g/mol. The van der Waals surface area contributed by atoms with E-state index in [2.05, 4.69) is 17.9 Å². The van der Waals surface area contributed by atoms with Gasteiger partial charge in [-0.2, -0.15) is 12.6 Å². The number of anilines is 2. The van der Waals surface area contributed by atoms with E-state index < -0.39 is 17.9 Å². The number of benzene rings is 1. The molecule has 0 heterocycles. The van der Waals surface area contributed by atoms with Crippen LogP contribution in [-0.4, -0.2) is 23.7 Å². The second kappa shape index (κ2) is 7.01. The van der Waals surface area contributed by atoms with Gasteiger partial charge in [0.05, 0.1) is 17.4 Å². The maximum atomic E-state index is 11.7. The maximum Gasteiger partial charge on any atom is 0.311 e. The Kier molecular flexibility index (Phi) is 5.65. The fraction of sp³-hybridized carbons (Fsp3) is 0.333. The number of nitrogens with one attached hydrogen (secondary N) is 1. The summed E-state index contributed by atoms with van der Waals surface area (Å²) in [6, 6.07) is 4.05. The molecule has 0 saturated heterocycles. The van der Waals surface area contributed by atoms with Crippen LogP contribution in [0.2, 0.25) is 0 Å². The minimum absolute atomic E-state index is 0.133. The van der Waals surface area contributed by atoms with Gasteiger partial charge in [-0.05, 0) is 12.1 Å². The first kappa shape index (κ1) is 15.3. The van der Waals surface area contributed by atoms with Crippen molar-refractivity contribution in [1.29, 1.82) is 0 Å². The minimum Gasteiger partial charge on any atom is -0.422 e. The molecule has 1 aromatic carbocycles. The Morgan fingerprint density at radius 3 is 2.74 bits per heavy atom. The largest absolute Gasteiger partial charge is 0.422 e. The molecule has 0 aliphatic carbocycles. The van der Waals surface area contributed by atoms with Gasteiger partial charge >= 0.3 is 5.97 Å². The summed E-state index contributed by atoms with van der Waals surface area (Å²) < 4.78 is 5.10. The zero-order valence-corrected chi connectivity index (χ0v) is 11.4. The van der Waals surface area contributed by atoms with E-state index in [-0.39, 0.29) is 23.6 Å². The molecule has 104 valence electrons. The molecule has 0 spiro atoms. The number of nitrogens with two attached hydrogens (primary N) is 2. The van der Waals surface area contributed by atoms with Gasteiger partial charge in [-0.25, -0.2) is 0 Å². The molecule has 0 saturated carbocycles. The van der Waals surface area contributed by atoms with Crippen molar-refractivity contribution in [3.8, 4) is 5.75 Å². The summed E-state index contributed by atoms with van der Waals surface area (Å²) in [6.07, 6.45) is 0.206. The van der Waals surface area contributed by atoms with E-state index in [1.54, 1.807) is 25.1 Å². The molecule has 1 rings (SSSR count). The molecule has 19 heavy (non-hydrogen) atoms. The van der Waals surface area contributed by atoms with Gasteiger partial charge in [-0.15, -0.1) is 0 Å². The number of para-hydroxylation sites is 1. The van der Waals surface area contributed by atoms with Crippen molar-refractivity contribution in [2.24, 2.45) is 5.73 Å². The third kappa shape index (κ3) is 4.15. The van der Waals surface area contributed by atoms with Crippen LogP contribution in [-0.2, 0) is 9.59 Å². The summed E-state index contributed by atoms with van der Waals surface area (Å²) in [5.74, 6) is -0.520. The molecule has 0 bridgehead atoms. The predicted octanol–water partition coefficient (Wildman–Crippen LogP) is 0.780. The molecule has 0 aliphatic heterocycles. The van der Waals surface area contributed by atoms with E-state index in [4.69, 9.17) is 16.2 Å². The first-order valence-corrected chi connectivity index (χ1v) is 6.39. The zero-order chi connectivity index (χ0) is 14.4. The third-order valence-corrected chi connectivity index (χ3v) is 2.73. The Hall–Kier alpha value is -1.73. The number of thiol groups is 1. The number of amides is 1. The number of ether oxygens (including phenoxy) is 1. The highest BCUT2D eigenvalue weighted by Crippen LogP contribution is 2.31. The van der Waals surface area contributed by atoms with Crippen LogP contribution in [0.25, 0.3) is 0 Å². The van der Waals surface area contributed by atoms with Crippen LogP contribution < -0.4 is 21.5 Å². The summed E-state index contributed by atoms with van der Waals surface area (Å²) in [4.78, 5) is 23.0. The Bertz CT molecular complexity index is 479. The van der Waals surface area contributed by atoms with E-state index >= 15 is 0 Å². The normalized spacial score (nSPS) is 11.7. The number of rotatable bonds is 5. The van der Waals surface area contributed by atoms with Crippen molar-refractivity contribution in [2.75, 3.05) is 16.8 Å². The smallest absolute Gasteiger partial charge is 0.311 e. The Morgan fingerprint density at radius 1 is 1.47 bits per heavy atom. The summed E-state index contributed by atoms with van der Waals surface area (Å²) in [5, 5.41) is 2.56. The fourth-order valence-corrected chi connectivity index (χ4v) is 1.43. The first-order valence-electron chi connectivity index (χ1n) is 5.76. The van der Waals surface area contributed by atoms with Crippen molar-refractivity contribution in [1.82, 2.24) is 0 Å². The number of nitrogen functional groups attached to an aromatic ring is 1. The van der Waals surface area contributed by atoms with E-state index in [0.717, 1.165) is 0 Å². The number of carbonyl (C=O) groups excluding carboxylic acids is 2. The summed E-state index contributed by atoms with van der Waals surface area (Å²) in [6.45, 7) is 1.66. The van der Waals surface area contributed by atoms with Gasteiger partial charge in [0.25, 0.3) is 0 Å². The van der Waals surface area contributed by atoms with Crippen molar-refractivity contribution in [3.05, 3.63) is 18.2 Å². The highest BCUT2D eigenvalue weighted by Gasteiger charge is 2.17. The fourth-order valence-electron chi connectivity index (χ4n) is 1.26. The minimum atomic E-state index is -0.750. The maximum absolute atomic E-state index is 11.7. The lowest BCUT2D eigenvalue weighted by atomic mass is 10.2. The lowest BCUT2D eigenvalue weighted by Crippen LogP contribution is -2.37. The van der Waals surface area contributed by atoms with Gasteiger partial charge in [0.2, 0.25) is 5.91 Å². The van der Waals surface area contributed by atoms with Crippen LogP contribution in [0.15, 0.2) is 18.2 Å². The van der Waals surface area contributed by atoms with Crippen LogP contribution in [0.3, 0.4) is 0 Å². The van der Waals surface area contributed by atoms with Crippen molar-refractivity contribution < 1.29 is 14.3 Å². The summed E-state index contributed by atoms with van der Waals surface area (Å²) in [7, 11) is 0. The van der Waals surface area contributed by atoms with Crippen molar-refractivity contribution in [3.63, 3.8) is 0 Å². The van der Waals surface area contributed by atoms with Crippen LogP contribution in [0.1, 0.15) is 13.3 Å². The predicted molar refractivity (Wildman–Crippen MR) is 77.2 cm³/mol. The Labute approximate surface area is 116 Å². The van der Waals surface area contributed by atoms with Crippen LogP contribution in [0, 0.1) is 0 Å². The molecule has 5 N–H and O–H groups in total. The van der Waals surface area contributed by atoms with E-state index in [0.29, 0.717) is 5.69 Å². The number of esters is 1. The van der Waals surface area contributed by atoms with Gasteiger partial charge in [0.15, 0.2) is 5.75 Å². The van der Waals surface area contributed by atoms with Crippen molar-refractivity contribution >= 4 is 35.9 Å². The lowest BCUT2D eigenvalue weighted by Gasteiger charge is -2.14. The monoisotopic (exact) mass is 283 g/mol. The van der Waals surface area contributed by atoms with Gasteiger partial charge in [-0.1, -0.05) is 13.0 Å². The second-order valence-electron chi connectivity index (χ2n) is 3.83. The molecule has 1 aromatic rings. The first-order chi connectivity index (χ1) is 8.99. The average Bonchev–Trinajstić information content (AvgIpc) is 2.41. The van der Waals surface area contributed by atoms with E-state index in [1.807, 2.05) is 0 Å². The van der Waals surface area contributed by atoms with Crippen LogP contribution in [0.4, 0.5) is 11.4 Å². The third-order valence-electron chi connectivity index (χ3n) is 2.34. The summed E-state index contributed by atoms with van der Waals surface area (Å²) in [5.41, 5.74) is 11.9. The molecule has 0 fully saturated rings. The Morgan fingerprint density at radius 2 is 2.16 bits per heavy atom. The van der Waals surface area contributed by atoms with E-state index in [1.165, 1.54) is 0 Å². The topological polar surface area (TPSA) is 107 Å². The van der Waals surface area contributed by atoms with Crippen molar-refractivity contribution in [2.45, 2.75) is 19.4 Å². The van der Waals surface area contributed by atoms with Crippen LogP contribution in [0.5, 0.6) is 5.75 Å². The lowest BCUT2D eigenvalue weighted by molar-refractivity contribution is -0.134. The molecule has 6 nitrogen and oxygen atoms in total. The van der Waals surface area contributed by atoms with Gasteiger partial charge in [-0.3, -0.25) is 9.59 Å². The van der Waals surface area contributed by atoms with Gasteiger partial charge in [0, 0.05) is 12.2 Å². The second-order valence-corrected chi connectivity index (χ2v) is 4.20. The highest BCUT2D eigenvalue weighted by atomic mass is 32.1. The number of hydrogen-bond donors (Lipinski definition) is 4. The number of carbonyl (C=O) groups is 2. The van der Waals surface area contributed by atoms with E-state index in [9.17, 15) is 9.59 Å². The molecule has 0 radical (unpaired) electrons. The Balaban J connectivity index is 2.97. The molecule has 7 heteroatoms. The molecule has 0 aromatic heterocycles.